The van der Waals surface area contributed by atoms with Crippen LogP contribution in [0.4, 0.5) is 0 Å². The molecule has 5 nitrogen and oxygen atoms in total. The van der Waals surface area contributed by atoms with Crippen LogP contribution >= 0.6 is 27.3 Å². The summed E-state index contributed by atoms with van der Waals surface area (Å²) in [7, 11) is 0. The zero-order valence-corrected chi connectivity index (χ0v) is 16.2. The summed E-state index contributed by atoms with van der Waals surface area (Å²) in [4.78, 5) is 30.3. The van der Waals surface area contributed by atoms with Crippen LogP contribution in [0.15, 0.2) is 34.1 Å². The number of rotatable bonds is 6. The van der Waals surface area contributed by atoms with Gasteiger partial charge in [-0.3, -0.25) is 9.59 Å². The maximum Gasteiger partial charge on any atom is 0.237 e. The van der Waals surface area contributed by atoms with Crippen LogP contribution in [0.1, 0.15) is 31.4 Å². The lowest BCUT2D eigenvalue weighted by Gasteiger charge is -2.27. The van der Waals surface area contributed by atoms with Crippen molar-refractivity contribution >= 4 is 39.1 Å². The third-order valence-electron chi connectivity index (χ3n) is 4.37. The van der Waals surface area contributed by atoms with Crippen LogP contribution in [-0.2, 0) is 16.0 Å². The third kappa shape index (κ3) is 4.67. The van der Waals surface area contributed by atoms with Gasteiger partial charge in [0.2, 0.25) is 11.8 Å². The molecule has 1 aromatic heterocycles. The van der Waals surface area contributed by atoms with Crippen LogP contribution in [-0.4, -0.2) is 34.3 Å². The first-order valence-electron chi connectivity index (χ1n) is 8.31. The molecule has 0 saturated heterocycles. The first-order valence-corrected chi connectivity index (χ1v) is 9.98. The summed E-state index contributed by atoms with van der Waals surface area (Å²) in [5.41, 5.74) is 7.09. The Bertz CT molecular complexity index is 771. The Labute approximate surface area is 159 Å². The van der Waals surface area contributed by atoms with Crippen molar-refractivity contribution in [3.05, 3.63) is 39.8 Å². The summed E-state index contributed by atoms with van der Waals surface area (Å²) in [6, 6.07) is 8.05. The first kappa shape index (κ1) is 18.1. The lowest BCUT2D eigenvalue weighted by molar-refractivity contribution is -0.136. The maximum atomic E-state index is 12.7. The highest BCUT2D eigenvalue weighted by molar-refractivity contribution is 9.10. The molecule has 0 spiro atoms. The molecule has 0 aliphatic heterocycles. The number of aromatic nitrogens is 1. The molecule has 0 unspecified atom stereocenters. The van der Waals surface area contributed by atoms with Gasteiger partial charge in [-0.2, -0.15) is 0 Å². The molecule has 1 saturated carbocycles. The van der Waals surface area contributed by atoms with E-state index in [2.05, 4.69) is 20.9 Å². The van der Waals surface area contributed by atoms with Gasteiger partial charge < -0.3 is 10.6 Å². The van der Waals surface area contributed by atoms with Crippen LogP contribution < -0.4 is 5.73 Å². The Morgan fingerprint density at radius 3 is 2.76 bits per heavy atom. The van der Waals surface area contributed by atoms with Crippen LogP contribution in [0.5, 0.6) is 0 Å². The molecule has 2 N–H and O–H groups in total. The summed E-state index contributed by atoms with van der Waals surface area (Å²) < 4.78 is 0.992. The van der Waals surface area contributed by atoms with Crippen LogP contribution in [0.2, 0.25) is 0 Å². The lowest BCUT2D eigenvalue weighted by Crippen LogP contribution is -2.44. The standard InChI is InChI=1S/C18H20BrN3O2S/c19-13-5-3-4-12(8-13)18-21-14(11-25-18)9-17(24)22(10-16(20)23)15-6-1-2-7-15/h3-5,8,11,15H,1-2,6-7,9-10H2,(H2,20,23). The summed E-state index contributed by atoms with van der Waals surface area (Å²) >= 11 is 4.98. The highest BCUT2D eigenvalue weighted by Gasteiger charge is 2.28. The van der Waals surface area contributed by atoms with E-state index in [4.69, 9.17) is 5.73 Å². The van der Waals surface area contributed by atoms with Gasteiger partial charge in [0.05, 0.1) is 18.7 Å². The molecule has 1 fully saturated rings. The smallest absolute Gasteiger partial charge is 0.237 e. The topological polar surface area (TPSA) is 76.3 Å². The molecule has 2 amide bonds. The molecule has 1 heterocycles. The van der Waals surface area contributed by atoms with Gasteiger partial charge in [0.1, 0.15) is 5.01 Å². The minimum absolute atomic E-state index is 0.00781. The Kier molecular flexibility index (Phi) is 5.86. The Balaban J connectivity index is 1.72. The SMILES string of the molecule is NC(=O)CN(C(=O)Cc1csc(-c2cccc(Br)c2)n1)C1CCCC1. The van der Waals surface area contributed by atoms with Crippen molar-refractivity contribution in [2.45, 2.75) is 38.1 Å². The van der Waals surface area contributed by atoms with Crippen molar-refractivity contribution < 1.29 is 9.59 Å². The number of benzene rings is 1. The zero-order valence-electron chi connectivity index (χ0n) is 13.8. The van der Waals surface area contributed by atoms with E-state index < -0.39 is 5.91 Å². The van der Waals surface area contributed by atoms with Crippen molar-refractivity contribution in [1.29, 1.82) is 0 Å². The van der Waals surface area contributed by atoms with Crippen LogP contribution in [0.3, 0.4) is 0 Å². The van der Waals surface area contributed by atoms with Crippen LogP contribution in [0, 0.1) is 0 Å². The fraction of sp³-hybridized carbons (Fsp3) is 0.389. The number of nitrogens with two attached hydrogens (primary N) is 1. The molecule has 7 heteroatoms. The van der Waals surface area contributed by atoms with Gasteiger partial charge in [0.25, 0.3) is 0 Å². The second-order valence-electron chi connectivity index (χ2n) is 6.26. The van der Waals surface area contributed by atoms with E-state index in [9.17, 15) is 9.59 Å². The van der Waals surface area contributed by atoms with E-state index in [1.165, 1.54) is 11.3 Å². The molecule has 1 aliphatic carbocycles. The summed E-state index contributed by atoms with van der Waals surface area (Å²) in [5.74, 6) is -0.537. The zero-order chi connectivity index (χ0) is 17.8. The lowest BCUT2D eigenvalue weighted by atomic mass is 10.1. The second kappa shape index (κ2) is 8.10. The normalized spacial score (nSPS) is 14.6. The largest absolute Gasteiger partial charge is 0.368 e. The van der Waals surface area contributed by atoms with Crippen molar-refractivity contribution in [3.63, 3.8) is 0 Å². The van der Waals surface area contributed by atoms with E-state index in [1.54, 1.807) is 4.90 Å². The quantitative estimate of drug-likeness (QED) is 0.776. The molecule has 25 heavy (non-hydrogen) atoms. The summed E-state index contributed by atoms with van der Waals surface area (Å²) in [5, 5.41) is 2.79. The predicted molar refractivity (Wildman–Crippen MR) is 102 cm³/mol. The molecule has 3 rings (SSSR count). The predicted octanol–water partition coefficient (Wildman–Crippen LogP) is 3.37. The van der Waals surface area contributed by atoms with Crippen LogP contribution in [0.25, 0.3) is 10.6 Å². The molecular formula is C18H20BrN3O2S. The van der Waals surface area contributed by atoms with Gasteiger partial charge in [-0.1, -0.05) is 40.9 Å². The van der Waals surface area contributed by atoms with Gasteiger partial charge >= 0.3 is 0 Å². The van der Waals surface area contributed by atoms with E-state index >= 15 is 0 Å². The fourth-order valence-corrected chi connectivity index (χ4v) is 4.42. The molecule has 0 radical (unpaired) electrons. The van der Waals surface area contributed by atoms with Crippen molar-refractivity contribution in [1.82, 2.24) is 9.88 Å². The highest BCUT2D eigenvalue weighted by atomic mass is 79.9. The maximum absolute atomic E-state index is 12.7. The average Bonchev–Trinajstić information content (AvgIpc) is 3.24. The summed E-state index contributed by atoms with van der Waals surface area (Å²) in [6.45, 7) is -0.00781. The molecule has 1 aromatic carbocycles. The van der Waals surface area contributed by atoms with Gasteiger partial charge in [0.15, 0.2) is 0 Å². The summed E-state index contributed by atoms with van der Waals surface area (Å²) in [6.07, 6.45) is 4.28. The van der Waals surface area contributed by atoms with Gasteiger partial charge in [-0.25, -0.2) is 4.98 Å². The first-order chi connectivity index (χ1) is 12.0. The van der Waals surface area contributed by atoms with E-state index in [0.29, 0.717) is 0 Å². The van der Waals surface area contributed by atoms with Crippen molar-refractivity contribution in [3.8, 4) is 10.6 Å². The number of carbonyl (C=O) groups is 2. The fourth-order valence-electron chi connectivity index (χ4n) is 3.20. The number of hydrogen-bond donors (Lipinski definition) is 1. The molecule has 1 aliphatic rings. The van der Waals surface area contributed by atoms with Crippen molar-refractivity contribution in [2.75, 3.05) is 6.54 Å². The molecular weight excluding hydrogens is 402 g/mol. The van der Waals surface area contributed by atoms with Crippen molar-refractivity contribution in [2.24, 2.45) is 5.73 Å². The number of carbonyl (C=O) groups excluding carboxylic acids is 2. The monoisotopic (exact) mass is 421 g/mol. The second-order valence-corrected chi connectivity index (χ2v) is 8.03. The molecule has 2 aromatic rings. The number of amides is 2. The Morgan fingerprint density at radius 2 is 2.08 bits per heavy atom. The minimum atomic E-state index is -0.464. The number of nitrogens with zero attached hydrogens (tertiary/aromatic N) is 2. The van der Waals surface area contributed by atoms with E-state index in [1.807, 2.05) is 29.6 Å². The Hall–Kier alpha value is -1.73. The van der Waals surface area contributed by atoms with E-state index in [-0.39, 0.29) is 24.9 Å². The molecule has 132 valence electrons. The number of primary amides is 1. The number of thiazole rings is 1. The molecule has 0 atom stereocenters. The number of hydrogen-bond acceptors (Lipinski definition) is 4. The average molecular weight is 422 g/mol. The highest BCUT2D eigenvalue weighted by Crippen LogP contribution is 2.27. The van der Waals surface area contributed by atoms with Gasteiger partial charge in [-0.05, 0) is 25.0 Å². The number of halogens is 1. The third-order valence-corrected chi connectivity index (χ3v) is 5.80. The van der Waals surface area contributed by atoms with Gasteiger partial charge in [-0.15, -0.1) is 11.3 Å². The minimum Gasteiger partial charge on any atom is -0.368 e. The molecule has 0 bridgehead atoms. The van der Waals surface area contributed by atoms with E-state index in [0.717, 1.165) is 46.4 Å². The van der Waals surface area contributed by atoms with Gasteiger partial charge in [0, 0.05) is 21.5 Å². The Morgan fingerprint density at radius 1 is 1.32 bits per heavy atom.